The fraction of sp³-hybridized carbons (Fsp3) is 0.143. The van der Waals surface area contributed by atoms with E-state index in [1.165, 1.54) is 11.6 Å². The highest BCUT2D eigenvalue weighted by Crippen LogP contribution is 2.26. The summed E-state index contributed by atoms with van der Waals surface area (Å²) in [5.74, 6) is -0.232. The van der Waals surface area contributed by atoms with Gasteiger partial charge in [0.15, 0.2) is 0 Å². The topological polar surface area (TPSA) is 58.2 Å². The van der Waals surface area contributed by atoms with Crippen LogP contribution in [0.1, 0.15) is 35.6 Å². The monoisotopic (exact) mass is 422 g/mol. The van der Waals surface area contributed by atoms with Crippen LogP contribution >= 0.6 is 0 Å². The fourth-order valence-electron chi connectivity index (χ4n) is 3.70. The normalized spacial score (nSPS) is 14.3. The van der Waals surface area contributed by atoms with E-state index in [0.29, 0.717) is 6.42 Å². The van der Waals surface area contributed by atoms with Crippen molar-refractivity contribution < 1.29 is 9.59 Å². The summed E-state index contributed by atoms with van der Waals surface area (Å²) in [7, 11) is 0. The molecule has 3 aromatic carbocycles. The molecule has 4 nitrogen and oxygen atoms in total. The van der Waals surface area contributed by atoms with E-state index in [9.17, 15) is 9.59 Å². The Morgan fingerprint density at radius 2 is 1.69 bits per heavy atom. The Labute approximate surface area is 188 Å². The van der Waals surface area contributed by atoms with Crippen molar-refractivity contribution >= 4 is 35.3 Å². The van der Waals surface area contributed by atoms with E-state index >= 15 is 0 Å². The number of hydrogen-bond donors (Lipinski definition) is 2. The van der Waals surface area contributed by atoms with Crippen LogP contribution < -0.4 is 10.6 Å². The fourth-order valence-corrected chi connectivity index (χ4v) is 3.70. The minimum absolute atomic E-state index is 0.0629. The molecular weight excluding hydrogens is 396 g/mol. The molecule has 1 heterocycles. The van der Waals surface area contributed by atoms with Crippen LogP contribution in [0.4, 0.5) is 11.4 Å². The molecule has 0 aromatic heterocycles. The number of aryl methyl sites for hydroxylation is 1. The first-order valence-electron chi connectivity index (χ1n) is 10.9. The molecule has 0 aliphatic carbocycles. The van der Waals surface area contributed by atoms with Crippen LogP contribution in [-0.2, 0) is 22.4 Å². The van der Waals surface area contributed by atoms with Crippen LogP contribution in [-0.4, -0.2) is 11.8 Å². The minimum atomic E-state index is -0.169. The lowest BCUT2D eigenvalue weighted by Crippen LogP contribution is -2.21. The van der Waals surface area contributed by atoms with Crippen molar-refractivity contribution in [1.82, 2.24) is 0 Å². The second-order valence-electron chi connectivity index (χ2n) is 7.89. The molecule has 32 heavy (non-hydrogen) atoms. The van der Waals surface area contributed by atoms with Gasteiger partial charge in [0.05, 0.1) is 0 Å². The van der Waals surface area contributed by atoms with E-state index in [1.54, 1.807) is 6.08 Å². The Hall–Kier alpha value is -3.92. The van der Waals surface area contributed by atoms with Gasteiger partial charge in [0, 0.05) is 29.4 Å². The smallest absolute Gasteiger partial charge is 0.251 e. The van der Waals surface area contributed by atoms with Crippen molar-refractivity contribution in [2.24, 2.45) is 0 Å². The standard InChI is InChI=1S/C28H26N2O2/c1-2-5-20-12-15-25(16-13-20)29-27(31)17-14-21-8-10-22(11-9-21)18-24-19-23-6-3-4-7-26(23)30-28(24)32/h3-4,6-18H,2,5,19H2,1H3,(H,29,31)(H,30,32)/b17-14+,24-18?. The third-order valence-corrected chi connectivity index (χ3v) is 5.40. The zero-order valence-electron chi connectivity index (χ0n) is 18.1. The van der Waals surface area contributed by atoms with Gasteiger partial charge >= 0.3 is 0 Å². The van der Waals surface area contributed by atoms with E-state index in [2.05, 4.69) is 17.6 Å². The molecule has 2 amide bonds. The highest BCUT2D eigenvalue weighted by molar-refractivity contribution is 6.09. The third kappa shape index (κ3) is 5.41. The van der Waals surface area contributed by atoms with Crippen LogP contribution in [0.25, 0.3) is 12.2 Å². The van der Waals surface area contributed by atoms with Gasteiger partial charge in [-0.25, -0.2) is 0 Å². The Balaban J connectivity index is 1.37. The molecule has 0 saturated heterocycles. The lowest BCUT2D eigenvalue weighted by atomic mass is 9.96. The molecule has 2 N–H and O–H groups in total. The molecule has 0 radical (unpaired) electrons. The zero-order valence-corrected chi connectivity index (χ0v) is 18.1. The number of carbonyl (C=O) groups is 2. The molecule has 3 aromatic rings. The highest BCUT2D eigenvalue weighted by atomic mass is 16.2. The maximum Gasteiger partial charge on any atom is 0.251 e. The van der Waals surface area contributed by atoms with Crippen molar-refractivity contribution in [3.63, 3.8) is 0 Å². The van der Waals surface area contributed by atoms with Gasteiger partial charge in [-0.2, -0.15) is 0 Å². The summed E-state index contributed by atoms with van der Waals surface area (Å²) in [6, 6.07) is 23.6. The molecule has 0 saturated carbocycles. The average Bonchev–Trinajstić information content (AvgIpc) is 2.80. The van der Waals surface area contributed by atoms with Crippen LogP contribution in [0.2, 0.25) is 0 Å². The van der Waals surface area contributed by atoms with Crippen molar-refractivity contribution in [2.75, 3.05) is 10.6 Å². The predicted octanol–water partition coefficient (Wildman–Crippen LogP) is 5.87. The van der Waals surface area contributed by atoms with E-state index in [-0.39, 0.29) is 11.8 Å². The Kier molecular flexibility index (Phi) is 6.61. The van der Waals surface area contributed by atoms with Crippen LogP contribution in [0.15, 0.2) is 84.4 Å². The van der Waals surface area contributed by atoms with Gasteiger partial charge in [0.1, 0.15) is 0 Å². The highest BCUT2D eigenvalue weighted by Gasteiger charge is 2.19. The molecule has 0 spiro atoms. The van der Waals surface area contributed by atoms with Crippen molar-refractivity contribution in [1.29, 1.82) is 0 Å². The predicted molar refractivity (Wildman–Crippen MR) is 131 cm³/mol. The molecule has 0 bridgehead atoms. The SMILES string of the molecule is CCCc1ccc(NC(=O)/C=C/c2ccc(C=C3Cc4ccccc4NC3=O)cc2)cc1. The Morgan fingerprint density at radius 1 is 0.969 bits per heavy atom. The Bertz CT molecular complexity index is 1170. The molecule has 0 atom stereocenters. The molecule has 4 heteroatoms. The van der Waals surface area contributed by atoms with Gasteiger partial charge < -0.3 is 10.6 Å². The van der Waals surface area contributed by atoms with Gasteiger partial charge in [-0.05, 0) is 59.0 Å². The first kappa shape index (κ1) is 21.3. The molecule has 1 aliphatic heterocycles. The summed E-state index contributed by atoms with van der Waals surface area (Å²) >= 11 is 0. The van der Waals surface area contributed by atoms with E-state index < -0.39 is 0 Å². The number of benzene rings is 3. The number of nitrogens with one attached hydrogen (secondary N) is 2. The number of para-hydroxylation sites is 1. The summed E-state index contributed by atoms with van der Waals surface area (Å²) in [4.78, 5) is 24.6. The first-order chi connectivity index (χ1) is 15.6. The summed E-state index contributed by atoms with van der Waals surface area (Å²) in [5.41, 5.74) is 6.65. The van der Waals surface area contributed by atoms with Crippen molar-refractivity contribution in [2.45, 2.75) is 26.2 Å². The van der Waals surface area contributed by atoms with E-state index in [0.717, 1.165) is 46.5 Å². The summed E-state index contributed by atoms with van der Waals surface area (Å²) in [5, 5.41) is 5.82. The lowest BCUT2D eigenvalue weighted by molar-refractivity contribution is -0.113. The van der Waals surface area contributed by atoms with Crippen LogP contribution in [0, 0.1) is 0 Å². The van der Waals surface area contributed by atoms with Crippen molar-refractivity contribution in [3.05, 3.63) is 107 Å². The maximum absolute atomic E-state index is 12.4. The second kappa shape index (κ2) is 9.92. The molecule has 1 aliphatic rings. The lowest BCUT2D eigenvalue weighted by Gasteiger charge is -2.19. The summed E-state index contributed by atoms with van der Waals surface area (Å²) < 4.78 is 0. The number of hydrogen-bond acceptors (Lipinski definition) is 2. The number of amides is 2. The summed E-state index contributed by atoms with van der Waals surface area (Å²) in [6.07, 6.45) is 7.97. The van der Waals surface area contributed by atoms with E-state index in [4.69, 9.17) is 0 Å². The molecular formula is C28H26N2O2. The van der Waals surface area contributed by atoms with Gasteiger partial charge in [-0.1, -0.05) is 67.9 Å². The first-order valence-corrected chi connectivity index (χ1v) is 10.9. The van der Waals surface area contributed by atoms with Gasteiger partial charge in [0.2, 0.25) is 5.91 Å². The van der Waals surface area contributed by atoms with Gasteiger partial charge in [-0.15, -0.1) is 0 Å². The molecule has 0 unspecified atom stereocenters. The third-order valence-electron chi connectivity index (χ3n) is 5.40. The average molecular weight is 423 g/mol. The van der Waals surface area contributed by atoms with Crippen LogP contribution in [0.3, 0.4) is 0 Å². The van der Waals surface area contributed by atoms with E-state index in [1.807, 2.05) is 78.9 Å². The second-order valence-corrected chi connectivity index (χ2v) is 7.89. The zero-order chi connectivity index (χ0) is 22.3. The largest absolute Gasteiger partial charge is 0.323 e. The van der Waals surface area contributed by atoms with Crippen molar-refractivity contribution in [3.8, 4) is 0 Å². The number of carbonyl (C=O) groups excluding carboxylic acids is 2. The molecule has 160 valence electrons. The Morgan fingerprint density at radius 3 is 2.44 bits per heavy atom. The number of anilines is 2. The van der Waals surface area contributed by atoms with Crippen LogP contribution in [0.5, 0.6) is 0 Å². The quantitative estimate of drug-likeness (QED) is 0.488. The number of fused-ring (bicyclic) bond motifs is 1. The molecule has 0 fully saturated rings. The molecule has 4 rings (SSSR count). The van der Waals surface area contributed by atoms with Gasteiger partial charge in [-0.3, -0.25) is 9.59 Å². The maximum atomic E-state index is 12.4. The van der Waals surface area contributed by atoms with Gasteiger partial charge in [0.25, 0.3) is 5.91 Å². The number of rotatable bonds is 6. The minimum Gasteiger partial charge on any atom is -0.323 e. The summed E-state index contributed by atoms with van der Waals surface area (Å²) in [6.45, 7) is 2.15.